The van der Waals surface area contributed by atoms with Crippen molar-refractivity contribution >= 4 is 21.7 Å². The molecule has 5 nitrogen and oxygen atoms in total. The fourth-order valence-electron chi connectivity index (χ4n) is 1.51. The van der Waals surface area contributed by atoms with Gasteiger partial charge in [0.25, 0.3) is 5.56 Å². The van der Waals surface area contributed by atoms with E-state index >= 15 is 0 Å². The maximum absolute atomic E-state index is 11.9. The summed E-state index contributed by atoms with van der Waals surface area (Å²) < 4.78 is 2.03. The molecule has 2 N–H and O–H groups in total. The molecular weight excluding hydrogens is 284 g/mol. The first-order valence-electron chi connectivity index (χ1n) is 5.00. The standard InChI is InChI=1S/C11H11BrN4O/c1-7-15-5-9(12)11(17)16(7)6-8-2-3-14-10(13)4-8/h2-5H,6H2,1H3,(H2,13,14). The monoisotopic (exact) mass is 294 g/mol. The number of nitrogen functional groups attached to an aromatic ring is 1. The van der Waals surface area contributed by atoms with Crippen LogP contribution in [-0.2, 0) is 6.54 Å². The zero-order valence-corrected chi connectivity index (χ0v) is 10.8. The number of anilines is 1. The zero-order chi connectivity index (χ0) is 12.4. The summed E-state index contributed by atoms with van der Waals surface area (Å²) in [6, 6.07) is 3.57. The smallest absolute Gasteiger partial charge is 0.268 e. The van der Waals surface area contributed by atoms with E-state index in [0.29, 0.717) is 22.7 Å². The Morgan fingerprint density at radius 2 is 2.24 bits per heavy atom. The first-order chi connectivity index (χ1) is 8.08. The minimum absolute atomic E-state index is 0.104. The van der Waals surface area contributed by atoms with Crippen molar-refractivity contribution in [2.45, 2.75) is 13.5 Å². The van der Waals surface area contributed by atoms with Crippen molar-refractivity contribution in [1.29, 1.82) is 0 Å². The van der Waals surface area contributed by atoms with Crippen LogP contribution in [0, 0.1) is 6.92 Å². The number of hydrogen-bond donors (Lipinski definition) is 1. The van der Waals surface area contributed by atoms with Crippen LogP contribution in [0.3, 0.4) is 0 Å². The predicted octanol–water partition coefficient (Wildman–Crippen LogP) is 1.34. The number of nitrogens with two attached hydrogens (primary N) is 1. The number of rotatable bonds is 2. The summed E-state index contributed by atoms with van der Waals surface area (Å²) in [7, 11) is 0. The fraction of sp³-hybridized carbons (Fsp3) is 0.182. The molecule has 0 aliphatic carbocycles. The van der Waals surface area contributed by atoms with Gasteiger partial charge in [-0.05, 0) is 40.5 Å². The van der Waals surface area contributed by atoms with E-state index in [1.54, 1.807) is 23.8 Å². The van der Waals surface area contributed by atoms with Gasteiger partial charge in [-0.15, -0.1) is 0 Å². The third kappa shape index (κ3) is 2.52. The molecule has 88 valence electrons. The maximum atomic E-state index is 11.9. The highest BCUT2D eigenvalue weighted by atomic mass is 79.9. The van der Waals surface area contributed by atoms with Gasteiger partial charge in [0.05, 0.1) is 6.54 Å². The third-order valence-electron chi connectivity index (χ3n) is 2.39. The van der Waals surface area contributed by atoms with Gasteiger partial charge in [-0.2, -0.15) is 0 Å². The molecule has 0 radical (unpaired) electrons. The first-order valence-corrected chi connectivity index (χ1v) is 5.79. The van der Waals surface area contributed by atoms with Gasteiger partial charge in [-0.3, -0.25) is 9.36 Å². The van der Waals surface area contributed by atoms with Crippen molar-refractivity contribution in [3.8, 4) is 0 Å². The summed E-state index contributed by atoms with van der Waals surface area (Å²) in [6.45, 7) is 2.22. The Kier molecular flexibility index (Phi) is 3.23. The molecule has 0 fully saturated rings. The van der Waals surface area contributed by atoms with Gasteiger partial charge in [0.15, 0.2) is 0 Å². The summed E-state index contributed by atoms with van der Waals surface area (Å²) in [6.07, 6.45) is 3.13. The van der Waals surface area contributed by atoms with Crippen molar-refractivity contribution in [1.82, 2.24) is 14.5 Å². The van der Waals surface area contributed by atoms with E-state index in [0.717, 1.165) is 5.56 Å². The molecule has 0 aromatic carbocycles. The van der Waals surface area contributed by atoms with Crippen molar-refractivity contribution in [2.24, 2.45) is 0 Å². The molecule has 17 heavy (non-hydrogen) atoms. The lowest BCUT2D eigenvalue weighted by molar-refractivity contribution is 0.695. The van der Waals surface area contributed by atoms with E-state index in [2.05, 4.69) is 25.9 Å². The molecule has 0 amide bonds. The second kappa shape index (κ2) is 4.67. The van der Waals surface area contributed by atoms with Crippen LogP contribution in [0.5, 0.6) is 0 Å². The fourth-order valence-corrected chi connectivity index (χ4v) is 1.83. The van der Waals surface area contributed by atoms with E-state index in [-0.39, 0.29) is 5.56 Å². The number of aromatic nitrogens is 3. The van der Waals surface area contributed by atoms with E-state index < -0.39 is 0 Å². The van der Waals surface area contributed by atoms with Crippen molar-refractivity contribution < 1.29 is 0 Å². The highest BCUT2D eigenvalue weighted by Gasteiger charge is 2.06. The van der Waals surface area contributed by atoms with Crippen LogP contribution in [0.2, 0.25) is 0 Å². The van der Waals surface area contributed by atoms with Crippen molar-refractivity contribution in [2.75, 3.05) is 5.73 Å². The Bertz CT molecular complexity index is 609. The SMILES string of the molecule is Cc1ncc(Br)c(=O)n1Cc1ccnc(N)c1. The van der Waals surface area contributed by atoms with Crippen LogP contribution in [0.25, 0.3) is 0 Å². The Morgan fingerprint density at radius 1 is 1.47 bits per heavy atom. The van der Waals surface area contributed by atoms with E-state index in [1.807, 2.05) is 6.07 Å². The highest BCUT2D eigenvalue weighted by molar-refractivity contribution is 9.10. The quantitative estimate of drug-likeness (QED) is 0.907. The number of nitrogens with zero attached hydrogens (tertiary/aromatic N) is 3. The second-order valence-electron chi connectivity index (χ2n) is 3.63. The number of hydrogen-bond acceptors (Lipinski definition) is 4. The highest BCUT2D eigenvalue weighted by Crippen LogP contribution is 2.07. The predicted molar refractivity (Wildman–Crippen MR) is 68.7 cm³/mol. The molecule has 0 spiro atoms. The number of aryl methyl sites for hydroxylation is 1. The molecule has 0 saturated heterocycles. The van der Waals surface area contributed by atoms with Crippen LogP contribution in [0.4, 0.5) is 5.82 Å². The molecule has 0 aliphatic rings. The molecule has 2 aromatic heterocycles. The average molecular weight is 295 g/mol. The first kappa shape index (κ1) is 11.8. The molecule has 0 saturated carbocycles. The van der Waals surface area contributed by atoms with Crippen LogP contribution in [-0.4, -0.2) is 14.5 Å². The van der Waals surface area contributed by atoms with Gasteiger partial charge in [0, 0.05) is 12.4 Å². The summed E-state index contributed by atoms with van der Waals surface area (Å²) in [5.41, 5.74) is 6.41. The Hall–Kier alpha value is -1.69. The summed E-state index contributed by atoms with van der Waals surface area (Å²) in [4.78, 5) is 19.9. The maximum Gasteiger partial charge on any atom is 0.268 e. The lowest BCUT2D eigenvalue weighted by Gasteiger charge is -2.09. The topological polar surface area (TPSA) is 73.8 Å². The molecule has 0 aliphatic heterocycles. The summed E-state index contributed by atoms with van der Waals surface area (Å²) in [5, 5.41) is 0. The second-order valence-corrected chi connectivity index (χ2v) is 4.49. The molecule has 2 aromatic rings. The molecule has 0 bridgehead atoms. The molecule has 2 heterocycles. The van der Waals surface area contributed by atoms with Gasteiger partial charge < -0.3 is 5.73 Å². The van der Waals surface area contributed by atoms with E-state index in [4.69, 9.17) is 5.73 Å². The van der Waals surface area contributed by atoms with Gasteiger partial charge in [0.1, 0.15) is 16.1 Å². The van der Waals surface area contributed by atoms with Crippen LogP contribution >= 0.6 is 15.9 Å². The average Bonchev–Trinajstić information content (AvgIpc) is 2.30. The van der Waals surface area contributed by atoms with Gasteiger partial charge in [-0.1, -0.05) is 0 Å². The Balaban J connectivity index is 2.43. The lowest BCUT2D eigenvalue weighted by atomic mass is 10.2. The zero-order valence-electron chi connectivity index (χ0n) is 9.22. The van der Waals surface area contributed by atoms with Crippen LogP contribution < -0.4 is 11.3 Å². The van der Waals surface area contributed by atoms with Gasteiger partial charge in [-0.25, -0.2) is 9.97 Å². The molecule has 0 unspecified atom stereocenters. The number of halogens is 1. The van der Waals surface area contributed by atoms with Crippen LogP contribution in [0.1, 0.15) is 11.4 Å². The largest absolute Gasteiger partial charge is 0.384 e. The normalized spacial score (nSPS) is 10.5. The Morgan fingerprint density at radius 3 is 2.94 bits per heavy atom. The van der Waals surface area contributed by atoms with E-state index in [9.17, 15) is 4.79 Å². The molecule has 2 rings (SSSR count). The third-order valence-corrected chi connectivity index (χ3v) is 2.93. The molecule has 6 heteroatoms. The minimum atomic E-state index is -0.104. The van der Waals surface area contributed by atoms with Crippen molar-refractivity contribution in [3.63, 3.8) is 0 Å². The summed E-state index contributed by atoms with van der Waals surface area (Å²) >= 11 is 3.18. The Labute approximate surface area is 106 Å². The lowest BCUT2D eigenvalue weighted by Crippen LogP contribution is -2.24. The number of pyridine rings is 1. The van der Waals surface area contributed by atoms with Gasteiger partial charge >= 0.3 is 0 Å². The molecule has 0 atom stereocenters. The summed E-state index contributed by atoms with van der Waals surface area (Å²) in [5.74, 6) is 1.10. The van der Waals surface area contributed by atoms with Gasteiger partial charge in [0.2, 0.25) is 0 Å². The van der Waals surface area contributed by atoms with Crippen molar-refractivity contribution in [3.05, 3.63) is 50.7 Å². The van der Waals surface area contributed by atoms with Crippen LogP contribution in [0.15, 0.2) is 33.8 Å². The minimum Gasteiger partial charge on any atom is -0.384 e. The van der Waals surface area contributed by atoms with E-state index in [1.165, 1.54) is 6.20 Å². The molecular formula is C11H11BrN4O.